The summed E-state index contributed by atoms with van der Waals surface area (Å²) >= 11 is 0. The quantitative estimate of drug-likeness (QED) is 0.910. The van der Waals surface area contributed by atoms with Crippen LogP contribution >= 0.6 is 0 Å². The van der Waals surface area contributed by atoms with Crippen LogP contribution in [0.2, 0.25) is 0 Å². The summed E-state index contributed by atoms with van der Waals surface area (Å²) in [5.41, 5.74) is 2.15. The molecule has 1 aliphatic rings. The molecule has 0 bridgehead atoms. The fourth-order valence-corrected chi connectivity index (χ4v) is 2.48. The number of carbonyl (C=O) groups excluding carboxylic acids is 1. The molecule has 3 rings (SSSR count). The molecule has 0 aromatic carbocycles. The molecule has 0 unspecified atom stereocenters. The van der Waals surface area contributed by atoms with Gasteiger partial charge in [0.05, 0.1) is 11.8 Å². The van der Waals surface area contributed by atoms with Crippen LogP contribution in [-0.4, -0.2) is 34.5 Å². The molecule has 1 N–H and O–H groups in total. The molecule has 19 heavy (non-hydrogen) atoms. The Bertz CT molecular complexity index is 600. The fraction of sp³-hybridized carbons (Fsp3) is 0.429. The van der Waals surface area contributed by atoms with Crippen molar-refractivity contribution in [3.63, 3.8) is 0 Å². The number of rotatable bonds is 3. The van der Waals surface area contributed by atoms with E-state index < -0.39 is 0 Å². The molecule has 0 aliphatic carbocycles. The summed E-state index contributed by atoms with van der Waals surface area (Å²) in [5, 5.41) is 2.94. The average Bonchev–Trinajstić information content (AvgIpc) is 3.02. The Labute approximate surface area is 111 Å². The molecule has 3 heterocycles. The van der Waals surface area contributed by atoms with Crippen molar-refractivity contribution in [3.05, 3.63) is 35.8 Å². The molecular formula is C14H17N3O2. The van der Waals surface area contributed by atoms with Gasteiger partial charge in [-0.2, -0.15) is 0 Å². The summed E-state index contributed by atoms with van der Waals surface area (Å²) in [6, 6.07) is 5.70. The van der Waals surface area contributed by atoms with Gasteiger partial charge in [-0.3, -0.25) is 9.20 Å². The monoisotopic (exact) mass is 259 g/mol. The summed E-state index contributed by atoms with van der Waals surface area (Å²) in [6.45, 7) is 3.22. The fourth-order valence-electron chi connectivity index (χ4n) is 2.48. The molecule has 2 aromatic heterocycles. The lowest BCUT2D eigenvalue weighted by molar-refractivity contribution is 0.0852. The molecule has 1 amide bonds. The van der Waals surface area contributed by atoms with Crippen LogP contribution in [0.4, 0.5) is 0 Å². The number of imidazole rings is 1. The second kappa shape index (κ2) is 5.01. The number of carbonyl (C=O) groups is 1. The van der Waals surface area contributed by atoms with E-state index in [4.69, 9.17) is 4.74 Å². The summed E-state index contributed by atoms with van der Waals surface area (Å²) < 4.78 is 7.32. The first-order valence-corrected chi connectivity index (χ1v) is 6.59. The Kier molecular flexibility index (Phi) is 3.21. The van der Waals surface area contributed by atoms with Crippen LogP contribution in [0.15, 0.2) is 24.4 Å². The SMILES string of the molecule is Cc1nc2ccccn2c1C(=O)NC[C@H]1CCCO1. The first-order chi connectivity index (χ1) is 9.25. The number of nitrogens with zero attached hydrogens (tertiary/aromatic N) is 2. The third-order valence-electron chi connectivity index (χ3n) is 3.43. The third kappa shape index (κ3) is 2.33. The van der Waals surface area contributed by atoms with E-state index in [1.165, 1.54) is 0 Å². The standard InChI is InChI=1S/C14H17N3O2/c1-10-13(17-7-3-2-6-12(17)16-10)14(18)15-9-11-5-4-8-19-11/h2-3,6-7,11H,4-5,8-9H2,1H3,(H,15,18)/t11-/m1/s1. The Hall–Kier alpha value is -1.88. The topological polar surface area (TPSA) is 55.6 Å². The van der Waals surface area contributed by atoms with Crippen LogP contribution in [0.3, 0.4) is 0 Å². The minimum atomic E-state index is -0.0910. The lowest BCUT2D eigenvalue weighted by Gasteiger charge is -2.10. The number of aromatic nitrogens is 2. The van der Waals surface area contributed by atoms with Gasteiger partial charge in [-0.25, -0.2) is 4.98 Å². The molecule has 1 saturated heterocycles. The zero-order valence-electron chi connectivity index (χ0n) is 10.9. The molecule has 1 aliphatic heterocycles. The van der Waals surface area contributed by atoms with Crippen molar-refractivity contribution >= 4 is 11.6 Å². The second-order valence-electron chi connectivity index (χ2n) is 4.82. The number of nitrogens with one attached hydrogen (secondary N) is 1. The van der Waals surface area contributed by atoms with E-state index in [0.717, 1.165) is 30.8 Å². The highest BCUT2D eigenvalue weighted by Crippen LogP contribution is 2.13. The van der Waals surface area contributed by atoms with Gasteiger partial charge >= 0.3 is 0 Å². The molecule has 1 atom stereocenters. The van der Waals surface area contributed by atoms with Gasteiger partial charge in [0.2, 0.25) is 0 Å². The number of amides is 1. The number of fused-ring (bicyclic) bond motifs is 1. The van der Waals surface area contributed by atoms with E-state index in [0.29, 0.717) is 12.2 Å². The van der Waals surface area contributed by atoms with E-state index in [-0.39, 0.29) is 12.0 Å². The second-order valence-corrected chi connectivity index (χ2v) is 4.82. The van der Waals surface area contributed by atoms with Crippen LogP contribution in [0, 0.1) is 6.92 Å². The molecule has 100 valence electrons. The highest BCUT2D eigenvalue weighted by molar-refractivity contribution is 5.94. The lowest BCUT2D eigenvalue weighted by Crippen LogP contribution is -2.32. The van der Waals surface area contributed by atoms with Gasteiger partial charge in [-0.1, -0.05) is 6.07 Å². The molecular weight excluding hydrogens is 242 g/mol. The maximum atomic E-state index is 12.3. The smallest absolute Gasteiger partial charge is 0.270 e. The van der Waals surface area contributed by atoms with Crippen molar-refractivity contribution < 1.29 is 9.53 Å². The first kappa shape index (κ1) is 12.2. The van der Waals surface area contributed by atoms with E-state index in [1.807, 2.05) is 35.7 Å². The van der Waals surface area contributed by atoms with Crippen LogP contribution < -0.4 is 5.32 Å². The van der Waals surface area contributed by atoms with Crippen LogP contribution in [0.25, 0.3) is 5.65 Å². The molecule has 5 nitrogen and oxygen atoms in total. The summed E-state index contributed by atoms with van der Waals surface area (Å²) in [5.74, 6) is -0.0910. The highest BCUT2D eigenvalue weighted by Gasteiger charge is 2.19. The van der Waals surface area contributed by atoms with E-state index >= 15 is 0 Å². The summed E-state index contributed by atoms with van der Waals surface area (Å²) in [7, 11) is 0. The van der Waals surface area contributed by atoms with E-state index in [9.17, 15) is 4.79 Å². The predicted octanol–water partition coefficient (Wildman–Crippen LogP) is 1.55. The van der Waals surface area contributed by atoms with Crippen LogP contribution in [-0.2, 0) is 4.74 Å². The van der Waals surface area contributed by atoms with Crippen molar-refractivity contribution in [2.45, 2.75) is 25.9 Å². The number of pyridine rings is 1. The number of hydrogen-bond acceptors (Lipinski definition) is 3. The molecule has 0 radical (unpaired) electrons. The maximum Gasteiger partial charge on any atom is 0.270 e. The minimum Gasteiger partial charge on any atom is -0.376 e. The largest absolute Gasteiger partial charge is 0.376 e. The molecule has 2 aromatic rings. The van der Waals surface area contributed by atoms with Crippen molar-refractivity contribution in [1.82, 2.24) is 14.7 Å². The van der Waals surface area contributed by atoms with Crippen LogP contribution in [0.5, 0.6) is 0 Å². The Morgan fingerprint density at radius 1 is 1.58 bits per heavy atom. The molecule has 0 saturated carbocycles. The molecule has 5 heteroatoms. The maximum absolute atomic E-state index is 12.3. The first-order valence-electron chi connectivity index (χ1n) is 6.59. The van der Waals surface area contributed by atoms with Crippen molar-refractivity contribution in [2.75, 3.05) is 13.2 Å². The van der Waals surface area contributed by atoms with Gasteiger partial charge in [0.1, 0.15) is 11.3 Å². The van der Waals surface area contributed by atoms with Gasteiger partial charge in [0, 0.05) is 19.3 Å². The van der Waals surface area contributed by atoms with Gasteiger partial charge in [0.15, 0.2) is 0 Å². The predicted molar refractivity (Wildman–Crippen MR) is 71.2 cm³/mol. The van der Waals surface area contributed by atoms with Gasteiger partial charge in [0.25, 0.3) is 5.91 Å². The van der Waals surface area contributed by atoms with E-state index in [2.05, 4.69) is 10.3 Å². The lowest BCUT2D eigenvalue weighted by atomic mass is 10.2. The number of aryl methyl sites for hydroxylation is 1. The highest BCUT2D eigenvalue weighted by atomic mass is 16.5. The zero-order chi connectivity index (χ0) is 13.2. The minimum absolute atomic E-state index is 0.0910. The Morgan fingerprint density at radius 3 is 3.26 bits per heavy atom. The Morgan fingerprint density at radius 2 is 2.47 bits per heavy atom. The van der Waals surface area contributed by atoms with Crippen molar-refractivity contribution in [3.8, 4) is 0 Å². The zero-order valence-corrected chi connectivity index (χ0v) is 10.9. The molecule has 1 fully saturated rings. The Balaban J connectivity index is 1.79. The van der Waals surface area contributed by atoms with Gasteiger partial charge < -0.3 is 10.1 Å². The van der Waals surface area contributed by atoms with Gasteiger partial charge in [-0.05, 0) is 31.9 Å². The van der Waals surface area contributed by atoms with Crippen LogP contribution in [0.1, 0.15) is 29.0 Å². The normalized spacial score (nSPS) is 18.9. The average molecular weight is 259 g/mol. The third-order valence-corrected chi connectivity index (χ3v) is 3.43. The van der Waals surface area contributed by atoms with Crippen molar-refractivity contribution in [2.24, 2.45) is 0 Å². The summed E-state index contributed by atoms with van der Waals surface area (Å²) in [6.07, 6.45) is 4.11. The summed E-state index contributed by atoms with van der Waals surface area (Å²) in [4.78, 5) is 16.7. The number of ether oxygens (including phenoxy) is 1. The molecule has 0 spiro atoms. The van der Waals surface area contributed by atoms with Crippen molar-refractivity contribution in [1.29, 1.82) is 0 Å². The number of hydrogen-bond donors (Lipinski definition) is 1. The van der Waals surface area contributed by atoms with E-state index in [1.54, 1.807) is 0 Å². The van der Waals surface area contributed by atoms with Gasteiger partial charge in [-0.15, -0.1) is 0 Å².